The molecule has 1 heterocycles. The number of hydrogen-bond acceptors (Lipinski definition) is 8. The van der Waals surface area contributed by atoms with Gasteiger partial charge in [-0.15, -0.1) is 0 Å². The predicted molar refractivity (Wildman–Crippen MR) is 105 cm³/mol. The Bertz CT molecular complexity index is 1320. The molecule has 5 N–H and O–H groups in total. The molecule has 2 aromatic rings. The fourth-order valence-electron chi connectivity index (χ4n) is 2.78. The Balaban J connectivity index is 1.83. The van der Waals surface area contributed by atoms with Gasteiger partial charge in [0.1, 0.15) is 0 Å². The average Bonchev–Trinajstić information content (AvgIpc) is 2.89. The van der Waals surface area contributed by atoms with E-state index >= 15 is 0 Å². The molecule has 0 saturated carbocycles. The molecule has 0 spiro atoms. The third-order valence-electron chi connectivity index (χ3n) is 4.28. The van der Waals surface area contributed by atoms with Gasteiger partial charge in [0.2, 0.25) is 31.7 Å². The first-order chi connectivity index (χ1) is 14.3. The van der Waals surface area contributed by atoms with Crippen molar-refractivity contribution >= 4 is 54.9 Å². The van der Waals surface area contributed by atoms with E-state index in [9.17, 15) is 36.0 Å². The molecule has 2 aromatic carbocycles. The minimum Gasteiger partial charge on any atom is -0.325 e. The summed E-state index contributed by atoms with van der Waals surface area (Å²) in [5, 5.41) is 12.2. The van der Waals surface area contributed by atoms with Crippen molar-refractivity contribution in [2.75, 3.05) is 10.2 Å². The molecule has 3 rings (SSSR count). The monoisotopic (exact) mass is 466 g/mol. The van der Waals surface area contributed by atoms with Gasteiger partial charge in [0.05, 0.1) is 15.5 Å². The van der Waals surface area contributed by atoms with Crippen LogP contribution in [0.4, 0.5) is 11.4 Å². The maximum Gasteiger partial charge on any atom is 0.302 e. The molecule has 14 heteroatoms. The fraction of sp³-hybridized carbons (Fsp3) is 0.0588. The Labute approximate surface area is 175 Å². The van der Waals surface area contributed by atoms with E-state index in [4.69, 9.17) is 10.3 Å². The number of anilines is 2. The average molecular weight is 466 g/mol. The molecule has 1 aliphatic rings. The van der Waals surface area contributed by atoms with Crippen molar-refractivity contribution < 1.29 is 36.0 Å². The number of nitrogens with zero attached hydrogens (tertiary/aromatic N) is 1. The highest BCUT2D eigenvalue weighted by Gasteiger charge is 2.51. The summed E-state index contributed by atoms with van der Waals surface area (Å²) in [4.78, 5) is 49.6. The fourth-order valence-corrected chi connectivity index (χ4v) is 3.81. The first-order valence-corrected chi connectivity index (χ1v) is 11.4. The third kappa shape index (κ3) is 4.36. The van der Waals surface area contributed by atoms with Gasteiger partial charge in [-0.2, -0.15) is 0 Å². The number of imide groups is 1. The molecule has 31 heavy (non-hydrogen) atoms. The largest absolute Gasteiger partial charge is 0.325 e. The number of nitrogens with one attached hydrogen (secondary N) is 1. The lowest BCUT2D eigenvalue weighted by Gasteiger charge is -2.14. The van der Waals surface area contributed by atoms with Gasteiger partial charge in [0.25, 0.3) is 5.91 Å². The van der Waals surface area contributed by atoms with E-state index in [2.05, 4.69) is 5.32 Å². The predicted octanol–water partition coefficient (Wildman–Crippen LogP) is -1.32. The Morgan fingerprint density at radius 2 is 1.26 bits per heavy atom. The van der Waals surface area contributed by atoms with Crippen LogP contribution in [-0.4, -0.2) is 40.3 Å². The van der Waals surface area contributed by atoms with Gasteiger partial charge in [0.15, 0.2) is 5.92 Å². The van der Waals surface area contributed by atoms with Crippen LogP contribution >= 0.6 is 0 Å². The summed E-state index contributed by atoms with van der Waals surface area (Å²) in [6.07, 6.45) is 0. The van der Waals surface area contributed by atoms with Gasteiger partial charge in [-0.3, -0.25) is 19.2 Å². The quantitative estimate of drug-likeness (QED) is 0.273. The van der Waals surface area contributed by atoms with E-state index in [1.165, 1.54) is 12.1 Å². The smallest absolute Gasteiger partial charge is 0.302 e. The number of benzene rings is 2. The number of sulfonamides is 2. The van der Waals surface area contributed by atoms with Crippen LogP contribution < -0.4 is 20.5 Å². The van der Waals surface area contributed by atoms with Crippen LogP contribution in [-0.2, 0) is 39.2 Å². The van der Waals surface area contributed by atoms with E-state index in [0.29, 0.717) is 4.90 Å². The van der Waals surface area contributed by atoms with Crippen molar-refractivity contribution in [1.82, 2.24) is 0 Å². The normalized spacial score (nSPS) is 17.2. The summed E-state index contributed by atoms with van der Waals surface area (Å²) in [6, 6.07) is 8.85. The number of primary sulfonamides is 2. The highest BCUT2D eigenvalue weighted by molar-refractivity contribution is 7.89. The molecule has 0 aliphatic carbocycles. The third-order valence-corrected chi connectivity index (χ3v) is 6.14. The van der Waals surface area contributed by atoms with Gasteiger partial charge < -0.3 is 5.32 Å². The van der Waals surface area contributed by atoms with E-state index in [-0.39, 0.29) is 21.2 Å². The summed E-state index contributed by atoms with van der Waals surface area (Å²) in [5.74, 6) is -6.74. The zero-order valence-corrected chi connectivity index (χ0v) is 17.0. The molecule has 0 radical (unpaired) electrons. The van der Waals surface area contributed by atoms with Crippen LogP contribution in [0, 0.1) is 5.92 Å². The van der Waals surface area contributed by atoms with Gasteiger partial charge >= 0.3 is 5.91 Å². The number of ketones is 1. The lowest BCUT2D eigenvalue weighted by Crippen LogP contribution is -2.34. The number of Topliss-reactive ketones (excluding diaryl/α,β-unsaturated/α-hetero) is 1. The molecule has 162 valence electrons. The van der Waals surface area contributed by atoms with Crippen LogP contribution in [0.15, 0.2) is 58.3 Å². The Hall–Kier alpha value is -3.46. The summed E-state index contributed by atoms with van der Waals surface area (Å²) in [7, 11) is -7.97. The number of rotatable bonds is 5. The van der Waals surface area contributed by atoms with Gasteiger partial charge in [-0.25, -0.2) is 32.0 Å². The van der Waals surface area contributed by atoms with Gasteiger partial charge in [-0.1, -0.05) is 0 Å². The molecule has 1 atom stereocenters. The Morgan fingerprint density at radius 1 is 0.806 bits per heavy atom. The van der Waals surface area contributed by atoms with Crippen molar-refractivity contribution in [2.24, 2.45) is 16.2 Å². The first-order valence-electron chi connectivity index (χ1n) is 8.29. The minimum absolute atomic E-state index is 0.0569. The van der Waals surface area contributed by atoms with Crippen molar-refractivity contribution in [3.05, 3.63) is 48.5 Å². The lowest BCUT2D eigenvalue weighted by atomic mass is 10.1. The summed E-state index contributed by atoms with van der Waals surface area (Å²) >= 11 is 0. The maximum absolute atomic E-state index is 12.6. The van der Waals surface area contributed by atoms with Gasteiger partial charge in [0, 0.05) is 5.69 Å². The van der Waals surface area contributed by atoms with E-state index < -0.39 is 49.5 Å². The molecule has 12 nitrogen and oxygen atoms in total. The topological polar surface area (TPSA) is 204 Å². The van der Waals surface area contributed by atoms with Crippen LogP contribution in [0.25, 0.3) is 0 Å². The van der Waals surface area contributed by atoms with E-state index in [0.717, 1.165) is 36.4 Å². The number of nitrogens with two attached hydrogens (primary N) is 2. The molecule has 0 bridgehead atoms. The van der Waals surface area contributed by atoms with E-state index in [1.807, 2.05) is 0 Å². The zero-order valence-electron chi connectivity index (χ0n) is 15.4. The number of carbonyl (C=O) groups excluding carboxylic acids is 4. The minimum atomic E-state index is -4.02. The first kappa shape index (κ1) is 22.2. The van der Waals surface area contributed by atoms with Crippen molar-refractivity contribution in [2.45, 2.75) is 9.79 Å². The van der Waals surface area contributed by atoms with Crippen molar-refractivity contribution in [3.8, 4) is 0 Å². The van der Waals surface area contributed by atoms with Crippen LogP contribution in [0.2, 0.25) is 0 Å². The number of amides is 3. The second-order valence-electron chi connectivity index (χ2n) is 6.37. The molecular formula is C17H14N4O8S2. The lowest BCUT2D eigenvalue weighted by molar-refractivity contribution is -0.139. The highest BCUT2D eigenvalue weighted by Crippen LogP contribution is 2.26. The Kier molecular flexibility index (Phi) is 5.49. The number of carbonyl (C=O) groups is 4. The zero-order chi connectivity index (χ0) is 23.1. The number of hydrogen-bond donors (Lipinski definition) is 3. The van der Waals surface area contributed by atoms with Crippen molar-refractivity contribution in [3.63, 3.8) is 0 Å². The summed E-state index contributed by atoms with van der Waals surface area (Å²) in [6.45, 7) is 0. The molecule has 3 amide bonds. The second-order valence-corrected chi connectivity index (χ2v) is 9.50. The van der Waals surface area contributed by atoms with Crippen LogP contribution in [0.1, 0.15) is 0 Å². The van der Waals surface area contributed by atoms with Crippen LogP contribution in [0.5, 0.6) is 0 Å². The molecule has 0 aromatic heterocycles. The maximum atomic E-state index is 12.6. The van der Waals surface area contributed by atoms with E-state index in [1.54, 1.807) is 0 Å². The molecule has 1 aliphatic heterocycles. The van der Waals surface area contributed by atoms with Crippen LogP contribution in [0.3, 0.4) is 0 Å². The van der Waals surface area contributed by atoms with Crippen molar-refractivity contribution in [1.29, 1.82) is 0 Å². The summed E-state index contributed by atoms with van der Waals surface area (Å²) < 4.78 is 45.2. The van der Waals surface area contributed by atoms with Gasteiger partial charge in [-0.05, 0) is 48.5 Å². The summed E-state index contributed by atoms with van der Waals surface area (Å²) in [5.41, 5.74) is -0.0649. The second kappa shape index (κ2) is 7.66. The SMILES string of the molecule is NS(=O)(=O)c1ccc(NC(=O)[C@H]2C(=O)C(=O)N(c3ccc(S(N)(=O)=O)cc3)C2=O)cc1. The molecular weight excluding hydrogens is 452 g/mol. The Morgan fingerprint density at radius 3 is 1.71 bits per heavy atom. The standard InChI is InChI=1S/C17H14N4O8S2/c18-30(26,27)11-5-1-9(2-6-11)20-15(23)13-14(22)17(25)21(16(13)24)10-3-7-12(8-4-10)31(19,28)29/h1-8,13H,(H,20,23)(H2,18,26,27)(H2,19,28,29)/t13-/m1/s1. The molecule has 0 unspecified atom stereocenters. The molecule has 1 saturated heterocycles. The molecule has 1 fully saturated rings. The highest BCUT2D eigenvalue weighted by atomic mass is 32.2.